The lowest BCUT2D eigenvalue weighted by atomic mass is 10.0. The number of benzene rings is 1. The molecule has 22 heavy (non-hydrogen) atoms. The molecule has 112 valence electrons. The van der Waals surface area contributed by atoms with Crippen LogP contribution in [-0.4, -0.2) is 25.8 Å². The van der Waals surface area contributed by atoms with Crippen molar-refractivity contribution in [2.45, 2.75) is 24.9 Å². The zero-order valence-corrected chi connectivity index (χ0v) is 13.7. The van der Waals surface area contributed by atoms with Crippen molar-refractivity contribution in [3.63, 3.8) is 0 Å². The van der Waals surface area contributed by atoms with E-state index in [1.807, 2.05) is 18.4 Å². The molecule has 0 aliphatic heterocycles. The van der Waals surface area contributed by atoms with Crippen LogP contribution < -0.4 is 0 Å². The fraction of sp³-hybridized carbons (Fsp3) is 0.235. The molecule has 0 unspecified atom stereocenters. The molecule has 5 heteroatoms. The third-order valence-electron chi connectivity index (χ3n) is 3.48. The van der Waals surface area contributed by atoms with E-state index in [9.17, 15) is 0 Å². The van der Waals surface area contributed by atoms with Crippen LogP contribution in [0.3, 0.4) is 0 Å². The Morgan fingerprint density at radius 2 is 1.86 bits per heavy atom. The average Bonchev–Trinajstić information content (AvgIpc) is 2.97. The number of aromatic nitrogens is 4. The lowest BCUT2D eigenvalue weighted by molar-refractivity contribution is 0.866. The number of hydrogen-bond acceptors (Lipinski definition) is 4. The molecule has 4 nitrogen and oxygen atoms in total. The summed E-state index contributed by atoms with van der Waals surface area (Å²) >= 11 is 1.51. The molecular weight excluding hydrogens is 292 g/mol. The van der Waals surface area contributed by atoms with Crippen molar-refractivity contribution < 1.29 is 0 Å². The molecule has 0 N–H and O–H groups in total. The molecule has 2 aromatic heterocycles. The van der Waals surface area contributed by atoms with Gasteiger partial charge >= 0.3 is 0 Å². The summed E-state index contributed by atoms with van der Waals surface area (Å²) < 4.78 is 1.77. The van der Waals surface area contributed by atoms with Crippen molar-refractivity contribution in [2.75, 3.05) is 6.26 Å². The van der Waals surface area contributed by atoms with Gasteiger partial charge in [-0.05, 0) is 35.4 Å². The summed E-state index contributed by atoms with van der Waals surface area (Å²) in [6.07, 6.45) is 7.84. The number of fused-ring (bicyclic) bond motifs is 1. The Morgan fingerprint density at radius 3 is 2.55 bits per heavy atom. The molecule has 0 radical (unpaired) electrons. The van der Waals surface area contributed by atoms with Gasteiger partial charge in [-0.3, -0.25) is 0 Å². The van der Waals surface area contributed by atoms with Gasteiger partial charge in [0.25, 0.3) is 5.78 Å². The first-order chi connectivity index (χ1) is 10.7. The first kappa shape index (κ1) is 14.8. The van der Waals surface area contributed by atoms with Crippen LogP contribution in [0.5, 0.6) is 0 Å². The lowest BCUT2D eigenvalue weighted by Crippen LogP contribution is -1.94. The molecule has 3 rings (SSSR count). The summed E-state index contributed by atoms with van der Waals surface area (Å²) in [7, 11) is 0. The fourth-order valence-corrected chi connectivity index (χ4v) is 2.52. The highest BCUT2D eigenvalue weighted by Gasteiger charge is 2.05. The van der Waals surface area contributed by atoms with Crippen molar-refractivity contribution in [2.24, 2.45) is 0 Å². The summed E-state index contributed by atoms with van der Waals surface area (Å²) in [5.41, 5.74) is 3.48. The first-order valence-electron chi connectivity index (χ1n) is 7.21. The maximum Gasteiger partial charge on any atom is 0.253 e. The largest absolute Gasteiger partial charge is 0.253 e. The molecule has 3 aromatic rings. The fourth-order valence-electron chi connectivity index (χ4n) is 2.18. The van der Waals surface area contributed by atoms with Gasteiger partial charge < -0.3 is 0 Å². The van der Waals surface area contributed by atoms with Crippen molar-refractivity contribution >= 4 is 29.7 Å². The highest BCUT2D eigenvalue weighted by atomic mass is 32.2. The van der Waals surface area contributed by atoms with Crippen molar-refractivity contribution in [1.82, 2.24) is 19.6 Å². The second-order valence-corrected chi connectivity index (χ2v) is 6.11. The predicted molar refractivity (Wildman–Crippen MR) is 92.0 cm³/mol. The number of thioether (sulfide) groups is 1. The van der Waals surface area contributed by atoms with Gasteiger partial charge in [-0.1, -0.05) is 56.0 Å². The van der Waals surface area contributed by atoms with Gasteiger partial charge in [-0.15, -0.1) is 5.10 Å². The number of rotatable bonds is 4. The van der Waals surface area contributed by atoms with Crippen LogP contribution >= 0.6 is 11.8 Å². The monoisotopic (exact) mass is 310 g/mol. The van der Waals surface area contributed by atoms with Crippen molar-refractivity contribution in [3.8, 4) is 0 Å². The van der Waals surface area contributed by atoms with Crippen LogP contribution in [0.1, 0.15) is 36.6 Å². The van der Waals surface area contributed by atoms with E-state index < -0.39 is 0 Å². The molecule has 0 saturated carbocycles. The Labute approximate surface area is 134 Å². The van der Waals surface area contributed by atoms with E-state index in [1.54, 1.807) is 10.7 Å². The van der Waals surface area contributed by atoms with Gasteiger partial charge in [-0.25, -0.2) is 4.98 Å². The Hall–Kier alpha value is -2.14. The summed E-state index contributed by atoms with van der Waals surface area (Å²) in [4.78, 5) is 8.59. The minimum Gasteiger partial charge on any atom is -0.220 e. The standard InChI is InChI=1S/C17H18N4S/c1-12(2)14-7-4-13(5-8-14)6-9-15-10-11-18-16-19-17(22-3)20-21(15)16/h4-12H,1-3H3/b9-6-. The predicted octanol–water partition coefficient (Wildman–Crippen LogP) is 4.14. The van der Waals surface area contributed by atoms with Gasteiger partial charge in [0.05, 0.1) is 5.69 Å². The van der Waals surface area contributed by atoms with Crippen LogP contribution in [0.25, 0.3) is 17.9 Å². The maximum absolute atomic E-state index is 4.44. The summed E-state index contributed by atoms with van der Waals surface area (Å²) in [6.45, 7) is 4.40. The van der Waals surface area contributed by atoms with Crippen molar-refractivity contribution in [1.29, 1.82) is 0 Å². The summed E-state index contributed by atoms with van der Waals surface area (Å²) in [5.74, 6) is 1.18. The lowest BCUT2D eigenvalue weighted by Gasteiger charge is -2.04. The molecule has 0 aliphatic rings. The smallest absolute Gasteiger partial charge is 0.220 e. The van der Waals surface area contributed by atoms with E-state index in [1.165, 1.54) is 22.9 Å². The highest BCUT2D eigenvalue weighted by Crippen LogP contribution is 2.17. The normalized spacial score (nSPS) is 11.8. The molecule has 0 fully saturated rings. The number of hydrogen-bond donors (Lipinski definition) is 0. The molecule has 2 heterocycles. The SMILES string of the molecule is CSc1nc2nccc(/C=C\c3ccc(C(C)C)cc3)n2n1. The molecular formula is C17H18N4S. The van der Waals surface area contributed by atoms with Gasteiger partial charge in [0, 0.05) is 6.20 Å². The van der Waals surface area contributed by atoms with Gasteiger partial charge in [0.15, 0.2) is 0 Å². The van der Waals surface area contributed by atoms with Crippen molar-refractivity contribution in [3.05, 3.63) is 53.3 Å². The summed E-state index contributed by atoms with van der Waals surface area (Å²) in [6, 6.07) is 10.6. The van der Waals surface area contributed by atoms with E-state index in [2.05, 4.69) is 59.3 Å². The van der Waals surface area contributed by atoms with Crippen LogP contribution in [0.15, 0.2) is 41.7 Å². The highest BCUT2D eigenvalue weighted by molar-refractivity contribution is 7.98. The van der Waals surface area contributed by atoms with Crippen LogP contribution in [-0.2, 0) is 0 Å². The Morgan fingerprint density at radius 1 is 1.09 bits per heavy atom. The van der Waals surface area contributed by atoms with Crippen LogP contribution in [0.2, 0.25) is 0 Å². The first-order valence-corrected chi connectivity index (χ1v) is 8.43. The van der Waals surface area contributed by atoms with Crippen LogP contribution in [0, 0.1) is 0 Å². The molecule has 0 spiro atoms. The van der Waals surface area contributed by atoms with E-state index in [-0.39, 0.29) is 0 Å². The third kappa shape index (κ3) is 3.04. The quantitative estimate of drug-likeness (QED) is 0.679. The zero-order chi connectivity index (χ0) is 15.5. The average molecular weight is 310 g/mol. The van der Waals surface area contributed by atoms with E-state index in [0.29, 0.717) is 11.7 Å². The molecule has 0 atom stereocenters. The summed E-state index contributed by atoms with van der Waals surface area (Å²) in [5, 5.41) is 5.17. The molecule has 0 bridgehead atoms. The minimum absolute atomic E-state index is 0.554. The van der Waals surface area contributed by atoms with Gasteiger partial charge in [0.1, 0.15) is 0 Å². The second-order valence-electron chi connectivity index (χ2n) is 5.33. The third-order valence-corrected chi connectivity index (χ3v) is 4.02. The second kappa shape index (κ2) is 6.32. The van der Waals surface area contributed by atoms with E-state index in [0.717, 1.165) is 10.9 Å². The Balaban J connectivity index is 1.90. The molecule has 0 saturated heterocycles. The minimum atomic E-state index is 0.554. The van der Waals surface area contributed by atoms with E-state index >= 15 is 0 Å². The topological polar surface area (TPSA) is 43.1 Å². The van der Waals surface area contributed by atoms with E-state index in [4.69, 9.17) is 0 Å². The molecule has 0 amide bonds. The van der Waals surface area contributed by atoms with Gasteiger partial charge in [0.2, 0.25) is 5.16 Å². The zero-order valence-electron chi connectivity index (χ0n) is 12.9. The Bertz CT molecular complexity index is 803. The molecule has 1 aromatic carbocycles. The maximum atomic E-state index is 4.44. The van der Waals surface area contributed by atoms with Gasteiger partial charge in [-0.2, -0.15) is 9.50 Å². The Kier molecular flexibility index (Phi) is 4.24. The van der Waals surface area contributed by atoms with Crippen LogP contribution in [0.4, 0.5) is 0 Å². The molecule has 0 aliphatic carbocycles. The number of nitrogens with zero attached hydrogens (tertiary/aromatic N) is 4.